The molecule has 0 fully saturated rings. The number of aromatic nitrogens is 2. The number of hydrogen-bond acceptors (Lipinski definition) is 4. The number of hydrogen-bond donors (Lipinski definition) is 1. The van der Waals surface area contributed by atoms with Gasteiger partial charge in [0.1, 0.15) is 5.01 Å². The highest BCUT2D eigenvalue weighted by molar-refractivity contribution is 7.13. The van der Waals surface area contributed by atoms with E-state index in [9.17, 15) is 4.79 Å². The number of aryl methyl sites for hydroxylation is 1. The Morgan fingerprint density at radius 1 is 1.12 bits per heavy atom. The average Bonchev–Trinajstić information content (AvgIpc) is 3.09. The molecule has 3 rings (SSSR count). The second-order valence-electron chi connectivity index (χ2n) is 5.50. The summed E-state index contributed by atoms with van der Waals surface area (Å²) < 4.78 is 0. The van der Waals surface area contributed by atoms with Crippen LogP contribution >= 0.6 is 11.3 Å². The summed E-state index contributed by atoms with van der Waals surface area (Å²) in [6, 6.07) is 14.0. The molecule has 1 N–H and O–H groups in total. The van der Waals surface area contributed by atoms with Gasteiger partial charge in [-0.3, -0.25) is 9.78 Å². The van der Waals surface area contributed by atoms with Crippen LogP contribution in [0.25, 0.3) is 10.6 Å². The Kier molecular flexibility index (Phi) is 5.69. The van der Waals surface area contributed by atoms with Gasteiger partial charge in [0.25, 0.3) is 0 Å². The van der Waals surface area contributed by atoms with Gasteiger partial charge in [-0.1, -0.05) is 36.4 Å². The molecule has 0 unspecified atom stereocenters. The molecule has 3 aromatic rings. The van der Waals surface area contributed by atoms with Crippen LogP contribution in [0.1, 0.15) is 17.7 Å². The highest BCUT2D eigenvalue weighted by Gasteiger charge is 2.08. The number of carbonyl (C=O) groups excluding carboxylic acids is 1. The van der Waals surface area contributed by atoms with Crippen LogP contribution in [0.3, 0.4) is 0 Å². The molecule has 0 aliphatic carbocycles. The number of nitrogens with one attached hydrogen (secondary N) is 1. The molecule has 1 aromatic carbocycles. The summed E-state index contributed by atoms with van der Waals surface area (Å²) in [7, 11) is 0. The van der Waals surface area contributed by atoms with Crippen molar-refractivity contribution in [3.05, 3.63) is 71.5 Å². The van der Waals surface area contributed by atoms with Crippen LogP contribution in [0.2, 0.25) is 0 Å². The van der Waals surface area contributed by atoms with Gasteiger partial charge in [0.05, 0.1) is 12.1 Å². The van der Waals surface area contributed by atoms with E-state index in [1.54, 1.807) is 17.5 Å². The van der Waals surface area contributed by atoms with Crippen LogP contribution in [-0.4, -0.2) is 22.4 Å². The first-order chi connectivity index (χ1) is 11.8. The molecule has 0 bridgehead atoms. The summed E-state index contributed by atoms with van der Waals surface area (Å²) in [5.41, 5.74) is 3.10. The lowest BCUT2D eigenvalue weighted by molar-refractivity contribution is -0.120. The lowest BCUT2D eigenvalue weighted by Gasteiger charge is -2.04. The molecule has 2 aromatic heterocycles. The highest BCUT2D eigenvalue weighted by atomic mass is 32.1. The topological polar surface area (TPSA) is 54.9 Å². The maximum atomic E-state index is 12.0. The van der Waals surface area contributed by atoms with E-state index in [2.05, 4.69) is 21.4 Å². The minimum Gasteiger partial charge on any atom is -0.356 e. The third-order valence-corrected chi connectivity index (χ3v) is 4.54. The van der Waals surface area contributed by atoms with E-state index in [0.29, 0.717) is 13.0 Å². The molecule has 4 nitrogen and oxygen atoms in total. The van der Waals surface area contributed by atoms with Crippen molar-refractivity contribution in [2.75, 3.05) is 6.54 Å². The minimum absolute atomic E-state index is 0.0195. The fourth-order valence-corrected chi connectivity index (χ4v) is 3.22. The molecule has 0 saturated heterocycles. The fourth-order valence-electron chi connectivity index (χ4n) is 2.39. The first kappa shape index (κ1) is 16.3. The SMILES string of the molecule is O=C(Cc1csc(-c2ccccc2)n1)NCCCc1cccnc1. The van der Waals surface area contributed by atoms with Crippen molar-refractivity contribution in [1.82, 2.24) is 15.3 Å². The van der Waals surface area contributed by atoms with Gasteiger partial charge in [0.15, 0.2) is 0 Å². The maximum absolute atomic E-state index is 12.0. The predicted molar refractivity (Wildman–Crippen MR) is 96.8 cm³/mol. The second-order valence-corrected chi connectivity index (χ2v) is 6.36. The van der Waals surface area contributed by atoms with Crippen molar-refractivity contribution >= 4 is 17.2 Å². The number of nitrogens with zero attached hydrogens (tertiary/aromatic N) is 2. The van der Waals surface area contributed by atoms with Crippen LogP contribution in [0.15, 0.2) is 60.2 Å². The van der Waals surface area contributed by atoms with Crippen molar-refractivity contribution in [1.29, 1.82) is 0 Å². The second kappa shape index (κ2) is 8.36. The van der Waals surface area contributed by atoms with Crippen molar-refractivity contribution < 1.29 is 4.79 Å². The van der Waals surface area contributed by atoms with Crippen LogP contribution in [0.5, 0.6) is 0 Å². The summed E-state index contributed by atoms with van der Waals surface area (Å²) in [5, 5.41) is 5.87. The van der Waals surface area contributed by atoms with Crippen LogP contribution in [-0.2, 0) is 17.6 Å². The monoisotopic (exact) mass is 337 g/mol. The molecule has 0 atom stereocenters. The molecular formula is C19H19N3OS. The summed E-state index contributed by atoms with van der Waals surface area (Å²) in [6.45, 7) is 0.670. The predicted octanol–water partition coefficient (Wildman–Crippen LogP) is 3.50. The zero-order valence-electron chi connectivity index (χ0n) is 13.3. The van der Waals surface area contributed by atoms with Crippen molar-refractivity contribution in [2.24, 2.45) is 0 Å². The highest BCUT2D eigenvalue weighted by Crippen LogP contribution is 2.23. The summed E-state index contributed by atoms with van der Waals surface area (Å²) >= 11 is 1.57. The molecule has 1 amide bonds. The van der Waals surface area contributed by atoms with Gasteiger partial charge >= 0.3 is 0 Å². The molecule has 0 aliphatic heterocycles. The molecule has 122 valence electrons. The van der Waals surface area contributed by atoms with Crippen LogP contribution in [0.4, 0.5) is 0 Å². The Labute approximate surface area is 145 Å². The van der Waals surface area contributed by atoms with Crippen molar-refractivity contribution in [3.8, 4) is 10.6 Å². The zero-order chi connectivity index (χ0) is 16.6. The van der Waals surface area contributed by atoms with E-state index in [4.69, 9.17) is 0 Å². The Morgan fingerprint density at radius 2 is 2.00 bits per heavy atom. The van der Waals surface area contributed by atoms with Gasteiger partial charge < -0.3 is 5.32 Å². The normalized spacial score (nSPS) is 10.5. The van der Waals surface area contributed by atoms with Gasteiger partial charge in [-0.15, -0.1) is 11.3 Å². The molecule has 2 heterocycles. The van der Waals surface area contributed by atoms with Gasteiger partial charge in [0.2, 0.25) is 5.91 Å². The van der Waals surface area contributed by atoms with Crippen LogP contribution in [0, 0.1) is 0 Å². The van der Waals surface area contributed by atoms with Gasteiger partial charge in [0, 0.05) is 29.9 Å². The molecule has 24 heavy (non-hydrogen) atoms. The average molecular weight is 337 g/mol. The fraction of sp³-hybridized carbons (Fsp3) is 0.211. The number of rotatable bonds is 7. The molecular weight excluding hydrogens is 318 g/mol. The first-order valence-electron chi connectivity index (χ1n) is 7.97. The molecule has 5 heteroatoms. The van der Waals surface area contributed by atoms with Gasteiger partial charge in [-0.25, -0.2) is 4.98 Å². The van der Waals surface area contributed by atoms with E-state index in [1.807, 2.05) is 48.0 Å². The summed E-state index contributed by atoms with van der Waals surface area (Å²) in [4.78, 5) is 20.6. The van der Waals surface area contributed by atoms with Crippen molar-refractivity contribution in [3.63, 3.8) is 0 Å². The molecule has 0 radical (unpaired) electrons. The number of benzene rings is 1. The van der Waals surface area contributed by atoms with Crippen LogP contribution < -0.4 is 5.32 Å². The third kappa shape index (κ3) is 4.73. The Bertz CT molecular complexity index is 772. The number of amides is 1. The first-order valence-corrected chi connectivity index (χ1v) is 8.84. The van der Waals surface area contributed by atoms with Crippen molar-refractivity contribution in [2.45, 2.75) is 19.3 Å². The van der Waals surface area contributed by atoms with E-state index in [1.165, 1.54) is 5.56 Å². The molecule has 0 saturated carbocycles. The number of carbonyl (C=O) groups is 1. The lowest BCUT2D eigenvalue weighted by Crippen LogP contribution is -2.26. The standard InChI is InChI=1S/C19H19N3OS/c23-18(21-11-5-7-15-6-4-10-20-13-15)12-17-14-24-19(22-17)16-8-2-1-3-9-16/h1-4,6,8-10,13-14H,5,7,11-12H2,(H,21,23). The number of thiazole rings is 1. The van der Waals surface area contributed by atoms with E-state index in [-0.39, 0.29) is 5.91 Å². The Morgan fingerprint density at radius 3 is 2.79 bits per heavy atom. The van der Waals surface area contributed by atoms with Gasteiger partial charge in [-0.2, -0.15) is 0 Å². The van der Waals surface area contributed by atoms with E-state index in [0.717, 1.165) is 29.1 Å². The number of pyridine rings is 1. The summed E-state index contributed by atoms with van der Waals surface area (Å²) in [6.07, 6.45) is 5.79. The molecule has 0 spiro atoms. The lowest BCUT2D eigenvalue weighted by atomic mass is 10.1. The van der Waals surface area contributed by atoms with E-state index < -0.39 is 0 Å². The summed E-state index contributed by atoms with van der Waals surface area (Å²) in [5.74, 6) is 0.0195. The van der Waals surface area contributed by atoms with E-state index >= 15 is 0 Å². The third-order valence-electron chi connectivity index (χ3n) is 3.60. The minimum atomic E-state index is 0.0195. The van der Waals surface area contributed by atoms with Gasteiger partial charge in [-0.05, 0) is 24.5 Å². The Hall–Kier alpha value is -2.53. The zero-order valence-corrected chi connectivity index (χ0v) is 14.1. The maximum Gasteiger partial charge on any atom is 0.226 e. The largest absolute Gasteiger partial charge is 0.356 e. The quantitative estimate of drug-likeness (QED) is 0.671. The molecule has 0 aliphatic rings. The Balaban J connectivity index is 1.43. The smallest absolute Gasteiger partial charge is 0.226 e.